The number of carbonyl (C=O) groups excluding carboxylic acids is 1. The molecule has 1 aliphatic heterocycles. The van der Waals surface area contributed by atoms with Gasteiger partial charge < -0.3 is 19.4 Å². The number of nitrogens with one attached hydrogen (secondary N) is 1. The van der Waals surface area contributed by atoms with Crippen LogP contribution in [-0.4, -0.2) is 59.5 Å². The molecule has 5 rings (SSSR count). The first-order chi connectivity index (χ1) is 17.6. The van der Waals surface area contributed by atoms with Crippen LogP contribution in [0.25, 0.3) is 10.9 Å². The Balaban J connectivity index is 1.35. The number of aromatic nitrogens is 2. The molecule has 188 valence electrons. The third kappa shape index (κ3) is 5.39. The van der Waals surface area contributed by atoms with Crippen LogP contribution in [0.3, 0.4) is 0 Å². The number of nitrogens with zero attached hydrogens (tertiary/aromatic N) is 3. The SMILES string of the molecule is COc1ccc(CN(CCc2c[nH]c3ccccc23)Cc2nc(C(=O)N3CCCC3)cs2)c(OC)c1. The Morgan fingerprint density at radius 2 is 1.92 bits per heavy atom. The lowest BCUT2D eigenvalue weighted by atomic mass is 10.1. The summed E-state index contributed by atoms with van der Waals surface area (Å²) in [5.41, 5.74) is 4.10. The molecule has 1 aliphatic rings. The van der Waals surface area contributed by atoms with E-state index >= 15 is 0 Å². The van der Waals surface area contributed by atoms with Gasteiger partial charge in [0.25, 0.3) is 5.91 Å². The van der Waals surface area contributed by atoms with Crippen molar-refractivity contribution in [1.29, 1.82) is 0 Å². The molecule has 8 heteroatoms. The number of hydrogen-bond acceptors (Lipinski definition) is 6. The first-order valence-electron chi connectivity index (χ1n) is 12.4. The molecule has 2 aromatic carbocycles. The van der Waals surface area contributed by atoms with E-state index in [0.717, 1.165) is 66.5 Å². The standard InChI is InChI=1S/C28H32N4O3S/c1-34-22-10-9-21(26(15-22)35-2)17-31(14-11-20-16-29-24-8-4-3-7-23(20)24)18-27-30-25(19-36-27)28(33)32-12-5-6-13-32/h3-4,7-10,15-16,19,29H,5-6,11-14,17-18H2,1-2H3. The van der Waals surface area contributed by atoms with Gasteiger partial charge in [-0.2, -0.15) is 0 Å². The van der Waals surface area contributed by atoms with Crippen molar-refractivity contribution in [3.05, 3.63) is 75.9 Å². The smallest absolute Gasteiger partial charge is 0.273 e. The third-order valence-corrected chi connectivity index (χ3v) is 7.62. The van der Waals surface area contributed by atoms with Gasteiger partial charge in [0.05, 0.1) is 20.8 Å². The van der Waals surface area contributed by atoms with Gasteiger partial charge in [-0.15, -0.1) is 11.3 Å². The number of amides is 1. The molecular formula is C28H32N4O3S. The summed E-state index contributed by atoms with van der Waals surface area (Å²) in [4.78, 5) is 25.2. The number of rotatable bonds is 10. The second-order valence-corrected chi connectivity index (χ2v) is 10.1. The zero-order valence-electron chi connectivity index (χ0n) is 20.8. The number of para-hydroxylation sites is 1. The van der Waals surface area contributed by atoms with E-state index in [4.69, 9.17) is 14.5 Å². The van der Waals surface area contributed by atoms with E-state index in [1.165, 1.54) is 10.9 Å². The first kappa shape index (κ1) is 24.3. The molecular weight excluding hydrogens is 472 g/mol. The number of H-pyrrole nitrogens is 1. The number of ether oxygens (including phenoxy) is 2. The molecule has 0 aliphatic carbocycles. The topological polar surface area (TPSA) is 70.7 Å². The summed E-state index contributed by atoms with van der Waals surface area (Å²) in [7, 11) is 3.34. The van der Waals surface area contributed by atoms with Gasteiger partial charge in [-0.25, -0.2) is 4.98 Å². The summed E-state index contributed by atoms with van der Waals surface area (Å²) in [6.45, 7) is 3.87. The number of fused-ring (bicyclic) bond motifs is 1. The van der Waals surface area contributed by atoms with E-state index in [-0.39, 0.29) is 5.91 Å². The van der Waals surface area contributed by atoms with Crippen LogP contribution in [0.1, 0.15) is 39.5 Å². The summed E-state index contributed by atoms with van der Waals surface area (Å²) < 4.78 is 11.0. The monoisotopic (exact) mass is 504 g/mol. The predicted molar refractivity (Wildman–Crippen MR) is 143 cm³/mol. The minimum absolute atomic E-state index is 0.0529. The van der Waals surface area contributed by atoms with Gasteiger partial charge in [0, 0.05) is 60.3 Å². The maximum atomic E-state index is 12.8. The van der Waals surface area contributed by atoms with Crippen LogP contribution in [-0.2, 0) is 19.5 Å². The molecule has 36 heavy (non-hydrogen) atoms. The van der Waals surface area contributed by atoms with Crippen molar-refractivity contribution in [2.75, 3.05) is 33.9 Å². The van der Waals surface area contributed by atoms with Crippen molar-refractivity contribution < 1.29 is 14.3 Å². The Labute approximate surface area is 215 Å². The molecule has 4 aromatic rings. The van der Waals surface area contributed by atoms with E-state index in [1.807, 2.05) is 28.5 Å². The highest BCUT2D eigenvalue weighted by Gasteiger charge is 2.22. The van der Waals surface area contributed by atoms with Gasteiger partial charge in [0.2, 0.25) is 0 Å². The summed E-state index contributed by atoms with van der Waals surface area (Å²) in [5.74, 6) is 1.62. The lowest BCUT2D eigenvalue weighted by molar-refractivity contribution is 0.0787. The number of methoxy groups -OCH3 is 2. The highest BCUT2D eigenvalue weighted by molar-refractivity contribution is 7.09. The average molecular weight is 505 g/mol. The van der Waals surface area contributed by atoms with Crippen LogP contribution in [0.4, 0.5) is 0 Å². The zero-order chi connectivity index (χ0) is 24.9. The number of aromatic amines is 1. The molecule has 1 amide bonds. The maximum Gasteiger partial charge on any atom is 0.273 e. The van der Waals surface area contributed by atoms with Crippen molar-refractivity contribution in [3.63, 3.8) is 0 Å². The van der Waals surface area contributed by atoms with Gasteiger partial charge in [0.1, 0.15) is 22.2 Å². The number of likely N-dealkylation sites (tertiary alicyclic amines) is 1. The number of benzene rings is 2. The molecule has 0 radical (unpaired) electrons. The Hall–Kier alpha value is -3.36. The van der Waals surface area contributed by atoms with E-state index in [1.54, 1.807) is 25.6 Å². The lowest BCUT2D eigenvalue weighted by Crippen LogP contribution is -2.28. The fraction of sp³-hybridized carbons (Fsp3) is 0.357. The highest BCUT2D eigenvalue weighted by Crippen LogP contribution is 2.27. The Morgan fingerprint density at radius 3 is 2.72 bits per heavy atom. The minimum atomic E-state index is 0.0529. The maximum absolute atomic E-state index is 12.8. The van der Waals surface area contributed by atoms with Crippen molar-refractivity contribution >= 4 is 28.1 Å². The molecule has 7 nitrogen and oxygen atoms in total. The predicted octanol–water partition coefficient (Wildman–Crippen LogP) is 5.12. The number of hydrogen-bond donors (Lipinski definition) is 1. The van der Waals surface area contributed by atoms with Crippen molar-refractivity contribution in [2.24, 2.45) is 0 Å². The summed E-state index contributed by atoms with van der Waals surface area (Å²) in [5, 5.41) is 4.11. The number of carbonyl (C=O) groups is 1. The van der Waals surface area contributed by atoms with Crippen LogP contribution in [0.15, 0.2) is 54.0 Å². The van der Waals surface area contributed by atoms with Crippen LogP contribution >= 0.6 is 11.3 Å². The van der Waals surface area contributed by atoms with Crippen LogP contribution in [0.5, 0.6) is 11.5 Å². The fourth-order valence-corrected chi connectivity index (χ4v) is 5.62. The van der Waals surface area contributed by atoms with Gasteiger partial charge >= 0.3 is 0 Å². The van der Waals surface area contributed by atoms with E-state index in [9.17, 15) is 4.79 Å². The molecule has 0 bridgehead atoms. The summed E-state index contributed by atoms with van der Waals surface area (Å²) >= 11 is 1.56. The molecule has 0 spiro atoms. The van der Waals surface area contributed by atoms with E-state index in [0.29, 0.717) is 18.8 Å². The molecule has 1 saturated heterocycles. The van der Waals surface area contributed by atoms with Crippen molar-refractivity contribution in [2.45, 2.75) is 32.4 Å². The molecule has 3 heterocycles. The summed E-state index contributed by atoms with van der Waals surface area (Å²) in [6.07, 6.45) is 5.16. The van der Waals surface area contributed by atoms with E-state index in [2.05, 4.69) is 40.3 Å². The van der Waals surface area contributed by atoms with E-state index < -0.39 is 0 Å². The van der Waals surface area contributed by atoms with Crippen molar-refractivity contribution in [3.8, 4) is 11.5 Å². The normalized spacial score (nSPS) is 13.6. The Bertz CT molecular complexity index is 1330. The third-order valence-electron chi connectivity index (χ3n) is 6.78. The average Bonchev–Trinajstić information content (AvgIpc) is 3.68. The Kier molecular flexibility index (Phi) is 7.53. The molecule has 0 saturated carbocycles. The second-order valence-electron chi connectivity index (χ2n) is 9.12. The van der Waals surface area contributed by atoms with Crippen LogP contribution in [0.2, 0.25) is 0 Å². The molecule has 2 aromatic heterocycles. The fourth-order valence-electron chi connectivity index (χ4n) is 4.81. The molecule has 1 N–H and O–H groups in total. The van der Waals surface area contributed by atoms with Gasteiger partial charge in [0.15, 0.2) is 0 Å². The van der Waals surface area contributed by atoms with Crippen molar-refractivity contribution in [1.82, 2.24) is 19.8 Å². The highest BCUT2D eigenvalue weighted by atomic mass is 32.1. The molecule has 1 fully saturated rings. The van der Waals surface area contributed by atoms with Crippen LogP contribution < -0.4 is 9.47 Å². The minimum Gasteiger partial charge on any atom is -0.497 e. The molecule has 0 atom stereocenters. The van der Waals surface area contributed by atoms with Crippen LogP contribution in [0, 0.1) is 0 Å². The van der Waals surface area contributed by atoms with Gasteiger partial charge in [-0.1, -0.05) is 24.3 Å². The number of thiazole rings is 1. The quantitative estimate of drug-likeness (QED) is 0.325. The lowest BCUT2D eigenvalue weighted by Gasteiger charge is -2.23. The molecule has 0 unspecified atom stereocenters. The van der Waals surface area contributed by atoms with Gasteiger partial charge in [-0.05, 0) is 37.0 Å². The first-order valence-corrected chi connectivity index (χ1v) is 13.2. The largest absolute Gasteiger partial charge is 0.497 e. The van der Waals surface area contributed by atoms with Gasteiger partial charge in [-0.3, -0.25) is 9.69 Å². The Morgan fingerprint density at radius 1 is 1.08 bits per heavy atom. The zero-order valence-corrected chi connectivity index (χ0v) is 21.6. The second kappa shape index (κ2) is 11.1. The summed E-state index contributed by atoms with van der Waals surface area (Å²) in [6, 6.07) is 14.3.